The first-order valence-electron chi connectivity index (χ1n) is 6.91. The quantitative estimate of drug-likeness (QED) is 0.816. The van der Waals surface area contributed by atoms with E-state index in [0.29, 0.717) is 24.8 Å². The molecule has 0 aromatic carbocycles. The summed E-state index contributed by atoms with van der Waals surface area (Å²) in [6.07, 6.45) is 1.52. The van der Waals surface area contributed by atoms with Gasteiger partial charge in [-0.15, -0.1) is 11.3 Å². The number of hydrogen-bond acceptors (Lipinski definition) is 6. The summed E-state index contributed by atoms with van der Waals surface area (Å²) in [6, 6.07) is 5.80. The molecule has 1 fully saturated rings. The monoisotopic (exact) mass is 380 g/mol. The van der Waals surface area contributed by atoms with Gasteiger partial charge in [0.1, 0.15) is 6.42 Å². The number of carbonyl (C=O) groups is 1. The Morgan fingerprint density at radius 3 is 2.91 bits per heavy atom. The zero-order valence-corrected chi connectivity index (χ0v) is 14.1. The molecular weight excluding hydrogens is 368 g/mol. The number of halogens is 1. The third-order valence-electron chi connectivity index (χ3n) is 3.66. The normalized spacial score (nSPS) is 15.7. The molecule has 0 radical (unpaired) electrons. The van der Waals surface area contributed by atoms with Gasteiger partial charge in [-0.1, -0.05) is 5.16 Å². The Morgan fingerprint density at radius 1 is 1.50 bits per heavy atom. The summed E-state index contributed by atoms with van der Waals surface area (Å²) >= 11 is 4.98. The Hall–Kier alpha value is -1.72. The van der Waals surface area contributed by atoms with Gasteiger partial charge in [-0.2, -0.15) is 10.2 Å². The molecule has 0 bridgehead atoms. The minimum Gasteiger partial charge on any atom is -0.342 e. The standard InChI is InChI=1S/C14H13BrN4O2S/c15-11-2-1-10(22-11)13-17-14(21-18-13)9-4-7-19(8-5-9)12(20)3-6-16/h1-2,9H,3-5,7-8H2. The van der Waals surface area contributed by atoms with Gasteiger partial charge >= 0.3 is 0 Å². The highest BCUT2D eigenvalue weighted by atomic mass is 79.9. The molecule has 1 aliphatic rings. The number of amides is 1. The third-order valence-corrected chi connectivity index (χ3v) is 5.28. The molecule has 0 atom stereocenters. The Morgan fingerprint density at radius 2 is 2.27 bits per heavy atom. The fourth-order valence-electron chi connectivity index (χ4n) is 2.49. The summed E-state index contributed by atoms with van der Waals surface area (Å²) in [5, 5.41) is 12.6. The van der Waals surface area contributed by atoms with E-state index < -0.39 is 0 Å². The molecule has 0 unspecified atom stereocenters. The van der Waals surface area contributed by atoms with E-state index in [1.807, 2.05) is 18.2 Å². The Labute approximate surface area is 139 Å². The van der Waals surface area contributed by atoms with E-state index in [0.717, 1.165) is 21.5 Å². The summed E-state index contributed by atoms with van der Waals surface area (Å²) in [5.74, 6) is 1.31. The number of nitrogens with zero attached hydrogens (tertiary/aromatic N) is 4. The van der Waals surface area contributed by atoms with Gasteiger partial charge in [0.25, 0.3) is 0 Å². The summed E-state index contributed by atoms with van der Waals surface area (Å²) in [5.41, 5.74) is 0. The van der Waals surface area contributed by atoms with Gasteiger partial charge in [0.2, 0.25) is 17.6 Å². The average molecular weight is 381 g/mol. The minimum atomic E-state index is -0.101. The van der Waals surface area contributed by atoms with Gasteiger partial charge in [0, 0.05) is 19.0 Å². The zero-order valence-electron chi connectivity index (χ0n) is 11.7. The van der Waals surface area contributed by atoms with Gasteiger partial charge in [0.05, 0.1) is 14.7 Å². The summed E-state index contributed by atoms with van der Waals surface area (Å²) < 4.78 is 6.41. The lowest BCUT2D eigenvalue weighted by Gasteiger charge is -2.29. The second-order valence-corrected chi connectivity index (χ2v) is 7.51. The molecule has 0 spiro atoms. The molecule has 6 nitrogen and oxygen atoms in total. The van der Waals surface area contributed by atoms with Crippen molar-refractivity contribution in [2.45, 2.75) is 25.2 Å². The molecule has 1 amide bonds. The van der Waals surface area contributed by atoms with Crippen LogP contribution < -0.4 is 0 Å². The van der Waals surface area contributed by atoms with Crippen LogP contribution in [0, 0.1) is 11.3 Å². The van der Waals surface area contributed by atoms with Crippen LogP contribution in [0.4, 0.5) is 0 Å². The van der Waals surface area contributed by atoms with Crippen LogP contribution in [0.25, 0.3) is 10.7 Å². The van der Waals surface area contributed by atoms with Gasteiger partial charge in [-0.25, -0.2) is 0 Å². The molecule has 0 aliphatic carbocycles. The van der Waals surface area contributed by atoms with Gasteiger partial charge in [-0.3, -0.25) is 4.79 Å². The lowest BCUT2D eigenvalue weighted by molar-refractivity contribution is -0.131. The van der Waals surface area contributed by atoms with E-state index in [9.17, 15) is 4.79 Å². The second kappa shape index (κ2) is 6.58. The first-order valence-corrected chi connectivity index (χ1v) is 8.52. The van der Waals surface area contributed by atoms with Crippen LogP contribution in [-0.4, -0.2) is 34.0 Å². The van der Waals surface area contributed by atoms with Crippen LogP contribution in [0.1, 0.15) is 31.1 Å². The molecule has 0 saturated carbocycles. The van der Waals surface area contributed by atoms with Crippen LogP contribution in [-0.2, 0) is 4.79 Å². The zero-order chi connectivity index (χ0) is 15.5. The molecule has 0 N–H and O–H groups in total. The van der Waals surface area contributed by atoms with Crippen LogP contribution in [0.3, 0.4) is 0 Å². The maximum Gasteiger partial charge on any atom is 0.236 e. The number of carbonyl (C=O) groups excluding carboxylic acids is 1. The number of thiophene rings is 1. The molecule has 22 heavy (non-hydrogen) atoms. The Balaban J connectivity index is 1.64. The van der Waals surface area contributed by atoms with Gasteiger partial charge in [0.15, 0.2) is 0 Å². The van der Waals surface area contributed by atoms with Crippen LogP contribution in [0.2, 0.25) is 0 Å². The smallest absolute Gasteiger partial charge is 0.236 e. The molecule has 2 aromatic rings. The van der Waals surface area contributed by atoms with Crippen LogP contribution in [0.5, 0.6) is 0 Å². The highest BCUT2D eigenvalue weighted by Gasteiger charge is 2.27. The predicted octanol–water partition coefficient (Wildman–Crippen LogP) is 3.18. The molecule has 3 rings (SSSR count). The van der Waals surface area contributed by atoms with Crippen molar-refractivity contribution in [1.29, 1.82) is 5.26 Å². The van der Waals surface area contributed by atoms with Gasteiger partial charge < -0.3 is 9.42 Å². The van der Waals surface area contributed by atoms with Crippen molar-refractivity contribution < 1.29 is 9.32 Å². The van der Waals surface area contributed by atoms with Crippen molar-refractivity contribution in [3.63, 3.8) is 0 Å². The molecule has 3 heterocycles. The topological polar surface area (TPSA) is 83.0 Å². The maximum atomic E-state index is 11.7. The van der Waals surface area contributed by atoms with Crippen molar-refractivity contribution in [1.82, 2.24) is 15.0 Å². The lowest BCUT2D eigenvalue weighted by atomic mass is 9.96. The maximum absolute atomic E-state index is 11.7. The SMILES string of the molecule is N#CCC(=O)N1CCC(c2nc(-c3ccc(Br)s3)no2)CC1. The summed E-state index contributed by atoms with van der Waals surface area (Å²) in [6.45, 7) is 1.26. The molecular formula is C14H13BrN4O2S. The van der Waals surface area contributed by atoms with Crippen molar-refractivity contribution >= 4 is 33.2 Å². The van der Waals surface area contributed by atoms with Crippen molar-refractivity contribution in [3.8, 4) is 16.8 Å². The number of likely N-dealkylation sites (tertiary alicyclic amines) is 1. The van der Waals surface area contributed by atoms with E-state index in [2.05, 4.69) is 26.1 Å². The predicted molar refractivity (Wildman–Crippen MR) is 84.1 cm³/mol. The summed E-state index contributed by atoms with van der Waals surface area (Å²) in [4.78, 5) is 18.9. The number of aromatic nitrogens is 2. The Kier molecular flexibility index (Phi) is 4.55. The largest absolute Gasteiger partial charge is 0.342 e. The van der Waals surface area contributed by atoms with E-state index >= 15 is 0 Å². The minimum absolute atomic E-state index is 0.0529. The Bertz CT molecular complexity index is 712. The van der Waals surface area contributed by atoms with Crippen LogP contribution >= 0.6 is 27.3 Å². The number of piperidine rings is 1. The van der Waals surface area contributed by atoms with E-state index in [1.165, 1.54) is 0 Å². The molecule has 1 aliphatic heterocycles. The lowest BCUT2D eigenvalue weighted by Crippen LogP contribution is -2.37. The fourth-order valence-corrected chi connectivity index (χ4v) is 3.80. The van der Waals surface area contributed by atoms with Gasteiger partial charge in [-0.05, 0) is 40.9 Å². The van der Waals surface area contributed by atoms with Crippen LogP contribution in [0.15, 0.2) is 20.4 Å². The highest BCUT2D eigenvalue weighted by Crippen LogP contribution is 2.32. The summed E-state index contributed by atoms with van der Waals surface area (Å²) in [7, 11) is 0. The molecule has 8 heteroatoms. The molecule has 1 saturated heterocycles. The van der Waals surface area contributed by atoms with Crippen molar-refractivity contribution in [2.75, 3.05) is 13.1 Å². The van der Waals surface area contributed by atoms with Crippen molar-refractivity contribution in [2.24, 2.45) is 0 Å². The highest BCUT2D eigenvalue weighted by molar-refractivity contribution is 9.11. The second-order valence-electron chi connectivity index (χ2n) is 5.05. The first-order chi connectivity index (χ1) is 10.7. The number of nitriles is 1. The molecule has 2 aromatic heterocycles. The third kappa shape index (κ3) is 3.20. The number of hydrogen-bond donors (Lipinski definition) is 0. The van der Waals surface area contributed by atoms with Crippen molar-refractivity contribution in [3.05, 3.63) is 21.8 Å². The molecule has 114 valence electrons. The van der Waals surface area contributed by atoms with E-state index in [4.69, 9.17) is 9.78 Å². The fraction of sp³-hybridized carbons (Fsp3) is 0.429. The average Bonchev–Trinajstić information content (AvgIpc) is 3.16. The number of rotatable bonds is 3. The first kappa shape index (κ1) is 15.2. The van der Waals surface area contributed by atoms with E-state index in [1.54, 1.807) is 16.2 Å². The van der Waals surface area contributed by atoms with E-state index in [-0.39, 0.29) is 18.2 Å².